The van der Waals surface area contributed by atoms with Crippen LogP contribution in [0.15, 0.2) is 48.5 Å². The number of benzene rings is 2. The number of hydrogen-bond acceptors (Lipinski definition) is 3. The maximum Gasteiger partial charge on any atom is 0.214 e. The second kappa shape index (κ2) is 7.88. The number of nitrogens with one attached hydrogen (secondary N) is 2. The van der Waals surface area contributed by atoms with Crippen molar-refractivity contribution in [2.45, 2.75) is 13.3 Å². The summed E-state index contributed by atoms with van der Waals surface area (Å²) in [5.41, 5.74) is 2.68. The van der Waals surface area contributed by atoms with Gasteiger partial charge in [0.15, 0.2) is 0 Å². The smallest absolute Gasteiger partial charge is 0.214 e. The van der Waals surface area contributed by atoms with Gasteiger partial charge in [-0.2, -0.15) is 0 Å². The normalized spacial score (nSPS) is 11.8. The molecule has 0 bridgehead atoms. The van der Waals surface area contributed by atoms with Crippen LogP contribution in [0.5, 0.6) is 5.75 Å². The van der Waals surface area contributed by atoms with E-state index in [-0.39, 0.29) is 24.7 Å². The average molecular weight is 376 g/mol. The van der Waals surface area contributed by atoms with E-state index in [1.165, 1.54) is 12.1 Å². The van der Waals surface area contributed by atoms with Crippen LogP contribution in [0.2, 0.25) is 0 Å². The minimum atomic E-state index is -3.44. The Morgan fingerprint density at radius 2 is 1.92 bits per heavy atom. The summed E-state index contributed by atoms with van der Waals surface area (Å²) in [5, 5.41) is 0.786. The summed E-state index contributed by atoms with van der Waals surface area (Å²) in [6, 6.07) is 13.6. The Hall–Kier alpha value is -2.38. The molecule has 7 heteroatoms. The fourth-order valence-electron chi connectivity index (χ4n) is 2.87. The lowest BCUT2D eigenvalue weighted by molar-refractivity contribution is 0.340. The quantitative estimate of drug-likeness (QED) is 0.634. The molecule has 0 spiro atoms. The first-order chi connectivity index (χ1) is 12.4. The number of rotatable bonds is 8. The van der Waals surface area contributed by atoms with Crippen LogP contribution in [0.4, 0.5) is 4.39 Å². The Morgan fingerprint density at radius 1 is 1.15 bits per heavy atom. The molecule has 0 atom stereocenters. The van der Waals surface area contributed by atoms with E-state index in [0.29, 0.717) is 12.2 Å². The van der Waals surface area contributed by atoms with Gasteiger partial charge >= 0.3 is 0 Å². The molecule has 138 valence electrons. The van der Waals surface area contributed by atoms with Crippen molar-refractivity contribution in [2.24, 2.45) is 0 Å². The van der Waals surface area contributed by atoms with Gasteiger partial charge in [-0.3, -0.25) is 0 Å². The average Bonchev–Trinajstić information content (AvgIpc) is 2.91. The van der Waals surface area contributed by atoms with Gasteiger partial charge in [-0.15, -0.1) is 0 Å². The highest BCUT2D eigenvalue weighted by Gasteiger charge is 2.13. The van der Waals surface area contributed by atoms with Gasteiger partial charge in [0.05, 0.1) is 5.75 Å². The Morgan fingerprint density at radius 3 is 2.69 bits per heavy atom. The van der Waals surface area contributed by atoms with Crippen molar-refractivity contribution in [1.82, 2.24) is 9.71 Å². The summed E-state index contributed by atoms with van der Waals surface area (Å²) >= 11 is 0. The molecule has 0 amide bonds. The molecule has 1 heterocycles. The van der Waals surface area contributed by atoms with Crippen LogP contribution in [0.3, 0.4) is 0 Å². The fourth-order valence-corrected chi connectivity index (χ4v) is 3.73. The van der Waals surface area contributed by atoms with E-state index in [0.717, 1.165) is 22.2 Å². The van der Waals surface area contributed by atoms with Crippen LogP contribution >= 0.6 is 0 Å². The summed E-state index contributed by atoms with van der Waals surface area (Å²) in [6.07, 6.45) is 0.480. The third-order valence-corrected chi connectivity index (χ3v) is 5.49. The summed E-state index contributed by atoms with van der Waals surface area (Å²) < 4.78 is 45.7. The number of aromatic amines is 1. The molecule has 3 aromatic rings. The number of halogens is 1. The van der Waals surface area contributed by atoms with Crippen molar-refractivity contribution < 1.29 is 17.5 Å². The topological polar surface area (TPSA) is 71.2 Å². The van der Waals surface area contributed by atoms with Gasteiger partial charge in [-0.05, 0) is 49.2 Å². The summed E-state index contributed by atoms with van der Waals surface area (Å²) in [7, 11) is -3.44. The standard InChI is InChI=1S/C19H21FN2O3S/c1-14-17(18-13-15(20)7-8-19(18)22-14)9-10-21-26(23,24)12-11-25-16-5-3-2-4-6-16/h2-8,13,21-22H,9-12H2,1H3. The second-order valence-corrected chi connectivity index (χ2v) is 7.97. The Kier molecular flexibility index (Phi) is 5.58. The third kappa shape index (κ3) is 4.62. The molecule has 5 nitrogen and oxygen atoms in total. The van der Waals surface area contributed by atoms with E-state index in [4.69, 9.17) is 4.74 Å². The molecule has 0 aliphatic rings. The Labute approximate surface area is 152 Å². The number of aryl methyl sites for hydroxylation is 1. The largest absolute Gasteiger partial charge is 0.492 e. The van der Waals surface area contributed by atoms with Gasteiger partial charge in [0.25, 0.3) is 0 Å². The SMILES string of the molecule is Cc1[nH]c2ccc(F)cc2c1CCNS(=O)(=O)CCOc1ccccc1. The lowest BCUT2D eigenvalue weighted by Crippen LogP contribution is -2.30. The van der Waals surface area contributed by atoms with Crippen molar-refractivity contribution in [3.63, 3.8) is 0 Å². The molecule has 2 aromatic carbocycles. The van der Waals surface area contributed by atoms with Crippen molar-refractivity contribution in [1.29, 1.82) is 0 Å². The first-order valence-electron chi connectivity index (χ1n) is 8.36. The van der Waals surface area contributed by atoms with Gasteiger partial charge < -0.3 is 9.72 Å². The molecule has 0 saturated heterocycles. The molecule has 0 unspecified atom stereocenters. The molecule has 3 rings (SSSR count). The van der Waals surface area contributed by atoms with Gasteiger partial charge in [0.2, 0.25) is 10.0 Å². The number of hydrogen-bond donors (Lipinski definition) is 2. The number of sulfonamides is 1. The number of H-pyrrole nitrogens is 1. The number of fused-ring (bicyclic) bond motifs is 1. The minimum Gasteiger partial charge on any atom is -0.492 e. The van der Waals surface area contributed by atoms with Crippen LogP contribution in [0, 0.1) is 12.7 Å². The third-order valence-electron chi connectivity index (χ3n) is 4.14. The zero-order valence-electron chi connectivity index (χ0n) is 14.5. The number of ether oxygens (including phenoxy) is 1. The van der Waals surface area contributed by atoms with Crippen LogP contribution in [0.25, 0.3) is 10.9 Å². The van der Waals surface area contributed by atoms with Gasteiger partial charge in [0, 0.05) is 23.1 Å². The summed E-state index contributed by atoms with van der Waals surface area (Å²) in [5.74, 6) is 0.208. The molecule has 0 aliphatic heterocycles. The first-order valence-corrected chi connectivity index (χ1v) is 10.0. The summed E-state index contributed by atoms with van der Waals surface area (Å²) in [4.78, 5) is 3.19. The van der Waals surface area contributed by atoms with Crippen molar-refractivity contribution in [3.05, 3.63) is 65.6 Å². The molecule has 0 saturated carbocycles. The fraction of sp³-hybridized carbons (Fsp3) is 0.263. The van der Waals surface area contributed by atoms with E-state index in [9.17, 15) is 12.8 Å². The second-order valence-electron chi connectivity index (χ2n) is 6.04. The molecule has 0 fully saturated rings. The Bertz CT molecular complexity index is 985. The lowest BCUT2D eigenvalue weighted by atomic mass is 10.1. The number of para-hydroxylation sites is 1. The minimum absolute atomic E-state index is 0.0800. The maximum atomic E-state index is 13.5. The Balaban J connectivity index is 1.54. The number of aromatic nitrogens is 1. The monoisotopic (exact) mass is 376 g/mol. The molecular formula is C19H21FN2O3S. The van der Waals surface area contributed by atoms with E-state index < -0.39 is 10.0 Å². The van der Waals surface area contributed by atoms with E-state index in [1.54, 1.807) is 18.2 Å². The molecule has 26 heavy (non-hydrogen) atoms. The molecule has 0 radical (unpaired) electrons. The lowest BCUT2D eigenvalue weighted by Gasteiger charge is -2.09. The predicted molar refractivity (Wildman–Crippen MR) is 100 cm³/mol. The van der Waals surface area contributed by atoms with E-state index in [2.05, 4.69) is 9.71 Å². The van der Waals surface area contributed by atoms with Gasteiger partial charge in [-0.1, -0.05) is 18.2 Å². The van der Waals surface area contributed by atoms with Crippen molar-refractivity contribution >= 4 is 20.9 Å². The van der Waals surface area contributed by atoms with Gasteiger partial charge in [-0.25, -0.2) is 17.5 Å². The van der Waals surface area contributed by atoms with E-state index in [1.807, 2.05) is 25.1 Å². The highest BCUT2D eigenvalue weighted by Crippen LogP contribution is 2.23. The van der Waals surface area contributed by atoms with Gasteiger partial charge in [0.1, 0.15) is 18.2 Å². The van der Waals surface area contributed by atoms with E-state index >= 15 is 0 Å². The molecule has 1 aromatic heterocycles. The molecule has 2 N–H and O–H groups in total. The van der Waals surface area contributed by atoms with Crippen LogP contribution < -0.4 is 9.46 Å². The highest BCUT2D eigenvalue weighted by molar-refractivity contribution is 7.89. The highest BCUT2D eigenvalue weighted by atomic mass is 32.2. The predicted octanol–water partition coefficient (Wildman–Crippen LogP) is 3.16. The molecule has 0 aliphatic carbocycles. The van der Waals surface area contributed by atoms with Crippen LogP contribution in [-0.4, -0.2) is 32.3 Å². The maximum absolute atomic E-state index is 13.5. The van der Waals surface area contributed by atoms with Crippen molar-refractivity contribution in [3.8, 4) is 5.75 Å². The first kappa shape index (κ1) is 18.4. The van der Waals surface area contributed by atoms with Crippen LogP contribution in [-0.2, 0) is 16.4 Å². The zero-order valence-corrected chi connectivity index (χ0v) is 15.3. The zero-order chi connectivity index (χ0) is 18.6. The van der Waals surface area contributed by atoms with Crippen LogP contribution in [0.1, 0.15) is 11.3 Å². The van der Waals surface area contributed by atoms with Crippen molar-refractivity contribution in [2.75, 3.05) is 18.9 Å². The summed E-state index contributed by atoms with van der Waals surface area (Å²) in [6.45, 7) is 2.23. The molecular weight excluding hydrogens is 355 g/mol.